The Balaban J connectivity index is 1.57. The molecule has 4 aromatic rings. The number of carbonyl (C=O) groups excluding carboxylic acids is 1. The Morgan fingerprint density at radius 2 is 2.14 bits per heavy atom. The number of pyridine rings is 1. The molecule has 1 aliphatic heterocycles. The maximum absolute atomic E-state index is 13.0. The van der Waals surface area contributed by atoms with E-state index < -0.39 is 5.97 Å². The van der Waals surface area contributed by atoms with Crippen molar-refractivity contribution in [2.24, 2.45) is 0 Å². The van der Waals surface area contributed by atoms with Gasteiger partial charge < -0.3 is 14.2 Å². The summed E-state index contributed by atoms with van der Waals surface area (Å²) < 4.78 is 18.0. The maximum Gasteiger partial charge on any atom is 0.344 e. The highest BCUT2D eigenvalue weighted by Gasteiger charge is 2.21. The van der Waals surface area contributed by atoms with E-state index in [1.165, 1.54) is 0 Å². The minimum atomic E-state index is -0.472. The summed E-state index contributed by atoms with van der Waals surface area (Å²) in [5.41, 5.74) is 1.80. The first-order valence-electron chi connectivity index (χ1n) is 8.75. The van der Waals surface area contributed by atoms with Gasteiger partial charge in [-0.1, -0.05) is 6.07 Å². The Bertz CT molecular complexity index is 1180. The molecule has 28 heavy (non-hydrogen) atoms. The second-order valence-electron chi connectivity index (χ2n) is 6.13. The maximum atomic E-state index is 13.0. The van der Waals surface area contributed by atoms with Crippen molar-refractivity contribution in [3.63, 3.8) is 0 Å². The van der Waals surface area contributed by atoms with E-state index in [0.717, 1.165) is 10.6 Å². The molecule has 0 saturated heterocycles. The predicted molar refractivity (Wildman–Crippen MR) is 104 cm³/mol. The fraction of sp³-hybridized carbons (Fsp3) is 0.150. The molecule has 0 aliphatic carbocycles. The second kappa shape index (κ2) is 6.65. The fourth-order valence-corrected chi connectivity index (χ4v) is 3.79. The molecule has 4 heterocycles. The van der Waals surface area contributed by atoms with Crippen LogP contribution >= 0.6 is 11.3 Å². The lowest BCUT2D eigenvalue weighted by Gasteiger charge is -2.08. The molecule has 0 N–H and O–H groups in total. The Morgan fingerprint density at radius 1 is 1.25 bits per heavy atom. The molecule has 5 rings (SSSR count). The molecule has 0 fully saturated rings. The first kappa shape index (κ1) is 16.8. The van der Waals surface area contributed by atoms with Gasteiger partial charge in [-0.25, -0.2) is 14.5 Å². The van der Waals surface area contributed by atoms with Crippen molar-refractivity contribution in [1.29, 1.82) is 0 Å². The first-order valence-corrected chi connectivity index (χ1v) is 9.63. The third-order valence-electron chi connectivity index (χ3n) is 4.46. The summed E-state index contributed by atoms with van der Waals surface area (Å²) in [6.07, 6.45) is 1.65. The molecule has 0 saturated carbocycles. The molecular weight excluding hydrogens is 378 g/mol. The van der Waals surface area contributed by atoms with E-state index in [0.29, 0.717) is 40.4 Å². The monoisotopic (exact) mass is 393 g/mol. The van der Waals surface area contributed by atoms with Crippen molar-refractivity contribution in [3.8, 4) is 27.8 Å². The highest BCUT2D eigenvalue weighted by atomic mass is 32.1. The molecule has 8 heteroatoms. The van der Waals surface area contributed by atoms with Crippen LogP contribution < -0.4 is 14.2 Å². The van der Waals surface area contributed by atoms with E-state index >= 15 is 0 Å². The van der Waals surface area contributed by atoms with E-state index in [1.54, 1.807) is 46.5 Å². The number of esters is 1. The van der Waals surface area contributed by atoms with Crippen molar-refractivity contribution in [2.75, 3.05) is 6.79 Å². The van der Waals surface area contributed by atoms with Gasteiger partial charge in [-0.3, -0.25) is 0 Å². The molecule has 0 bridgehead atoms. The number of benzene rings is 1. The van der Waals surface area contributed by atoms with Gasteiger partial charge in [0.1, 0.15) is 5.75 Å². The van der Waals surface area contributed by atoms with Crippen molar-refractivity contribution >= 4 is 28.3 Å². The largest absolute Gasteiger partial charge is 0.454 e. The second-order valence-corrected chi connectivity index (χ2v) is 7.08. The van der Waals surface area contributed by atoms with E-state index in [2.05, 4.69) is 5.10 Å². The van der Waals surface area contributed by atoms with Crippen LogP contribution in [0.5, 0.6) is 17.2 Å². The molecule has 0 unspecified atom stereocenters. The summed E-state index contributed by atoms with van der Waals surface area (Å²) in [6.45, 7) is 2.80. The summed E-state index contributed by atoms with van der Waals surface area (Å²) in [4.78, 5) is 18.7. The van der Waals surface area contributed by atoms with Gasteiger partial charge in [0.15, 0.2) is 17.1 Å². The summed E-state index contributed by atoms with van der Waals surface area (Å²) in [5, 5.41) is 6.98. The summed E-state index contributed by atoms with van der Waals surface area (Å²) in [5.74, 6) is 1.11. The fourth-order valence-electron chi connectivity index (χ4n) is 3.10. The van der Waals surface area contributed by atoms with Crippen molar-refractivity contribution < 1.29 is 19.0 Å². The highest BCUT2D eigenvalue weighted by Crippen LogP contribution is 2.35. The molecule has 7 nitrogen and oxygen atoms in total. The quantitative estimate of drug-likeness (QED) is 0.383. The number of fused-ring (bicyclic) bond motifs is 2. The summed E-state index contributed by atoms with van der Waals surface area (Å²) in [6, 6.07) is 10.7. The molecule has 3 aromatic heterocycles. The van der Waals surface area contributed by atoms with E-state index in [4.69, 9.17) is 19.2 Å². The minimum Gasteiger partial charge on any atom is -0.454 e. The third kappa shape index (κ3) is 2.78. The number of aryl methyl sites for hydroxylation is 1. The van der Waals surface area contributed by atoms with Crippen LogP contribution in [-0.4, -0.2) is 27.5 Å². The van der Waals surface area contributed by atoms with Crippen LogP contribution in [0.1, 0.15) is 17.3 Å². The average Bonchev–Trinajstić information content (AvgIpc) is 3.46. The SMILES string of the molecule is CCn1ncc2c(C(=O)Oc3ccc4c(c3)OCO4)cc(-c3cccs3)nc21. The zero-order valence-electron chi connectivity index (χ0n) is 14.9. The Hall–Kier alpha value is -3.39. The van der Waals surface area contributed by atoms with E-state index in [-0.39, 0.29) is 6.79 Å². The lowest BCUT2D eigenvalue weighted by Crippen LogP contribution is -2.10. The van der Waals surface area contributed by atoms with Gasteiger partial charge in [0.2, 0.25) is 6.79 Å². The van der Waals surface area contributed by atoms with Crippen LogP contribution in [0.2, 0.25) is 0 Å². The van der Waals surface area contributed by atoms with Crippen LogP contribution in [0.25, 0.3) is 21.6 Å². The normalized spacial score (nSPS) is 12.5. The molecule has 1 aliphatic rings. The van der Waals surface area contributed by atoms with Crippen molar-refractivity contribution in [3.05, 3.63) is 53.5 Å². The third-order valence-corrected chi connectivity index (χ3v) is 5.35. The zero-order chi connectivity index (χ0) is 19.1. The van der Waals surface area contributed by atoms with Gasteiger partial charge in [0, 0.05) is 12.6 Å². The smallest absolute Gasteiger partial charge is 0.344 e. The van der Waals surface area contributed by atoms with E-state index in [9.17, 15) is 4.79 Å². The molecule has 0 spiro atoms. The standard InChI is InChI=1S/C20H15N3O4S/c1-2-23-19-14(10-21-23)13(9-15(22-19)18-4-3-7-28-18)20(24)27-12-5-6-16-17(8-12)26-11-25-16/h3-10H,2,11H2,1H3. The predicted octanol–water partition coefficient (Wildman–Crippen LogP) is 4.13. The lowest BCUT2D eigenvalue weighted by molar-refractivity contribution is 0.0736. The Kier molecular flexibility index (Phi) is 3.98. The van der Waals surface area contributed by atoms with Crippen molar-refractivity contribution in [2.45, 2.75) is 13.5 Å². The summed E-state index contributed by atoms with van der Waals surface area (Å²) in [7, 11) is 0. The highest BCUT2D eigenvalue weighted by molar-refractivity contribution is 7.13. The number of carbonyl (C=O) groups is 1. The number of hydrogen-bond donors (Lipinski definition) is 0. The number of aromatic nitrogens is 3. The minimum absolute atomic E-state index is 0.165. The van der Waals surface area contributed by atoms with E-state index in [1.807, 2.05) is 24.4 Å². The zero-order valence-corrected chi connectivity index (χ0v) is 15.7. The molecular formula is C20H15N3O4S. The average molecular weight is 393 g/mol. The van der Waals surface area contributed by atoms with Gasteiger partial charge in [-0.05, 0) is 36.6 Å². The van der Waals surface area contributed by atoms with Crippen molar-refractivity contribution in [1.82, 2.24) is 14.8 Å². The Labute approximate surface area is 164 Å². The number of thiophene rings is 1. The number of hydrogen-bond acceptors (Lipinski definition) is 7. The van der Waals surface area contributed by atoms with Crippen LogP contribution in [0.15, 0.2) is 48.0 Å². The van der Waals surface area contributed by atoms with Gasteiger partial charge in [-0.2, -0.15) is 5.10 Å². The van der Waals surface area contributed by atoms with Gasteiger partial charge in [0.25, 0.3) is 0 Å². The molecule has 140 valence electrons. The lowest BCUT2D eigenvalue weighted by atomic mass is 10.1. The van der Waals surface area contributed by atoms with Crippen LogP contribution in [0.4, 0.5) is 0 Å². The van der Waals surface area contributed by atoms with Gasteiger partial charge in [-0.15, -0.1) is 11.3 Å². The van der Waals surface area contributed by atoms with Crippen LogP contribution in [0, 0.1) is 0 Å². The number of ether oxygens (including phenoxy) is 3. The number of nitrogens with zero attached hydrogens (tertiary/aromatic N) is 3. The molecule has 1 aromatic carbocycles. The first-order chi connectivity index (χ1) is 13.7. The summed E-state index contributed by atoms with van der Waals surface area (Å²) >= 11 is 1.56. The van der Waals surface area contributed by atoms with Gasteiger partial charge >= 0.3 is 5.97 Å². The Morgan fingerprint density at radius 3 is 2.96 bits per heavy atom. The van der Waals surface area contributed by atoms with Crippen LogP contribution in [0.3, 0.4) is 0 Å². The number of rotatable bonds is 4. The molecule has 0 radical (unpaired) electrons. The van der Waals surface area contributed by atoms with Gasteiger partial charge in [0.05, 0.1) is 27.7 Å². The topological polar surface area (TPSA) is 75.5 Å². The van der Waals surface area contributed by atoms with Crippen LogP contribution in [-0.2, 0) is 6.54 Å². The molecule has 0 amide bonds. The molecule has 0 atom stereocenters.